The van der Waals surface area contributed by atoms with Gasteiger partial charge >= 0.3 is 0 Å². The third kappa shape index (κ3) is 3.56. The second-order valence-corrected chi connectivity index (χ2v) is 4.35. The van der Waals surface area contributed by atoms with Gasteiger partial charge in [0.15, 0.2) is 5.78 Å². The number of methoxy groups -OCH3 is 1. The van der Waals surface area contributed by atoms with Gasteiger partial charge in [-0.15, -0.1) is 0 Å². The van der Waals surface area contributed by atoms with E-state index in [-0.39, 0.29) is 11.7 Å². The van der Waals surface area contributed by atoms with Gasteiger partial charge in [-0.05, 0) is 42.6 Å². The zero-order chi connectivity index (χ0) is 12.8. The van der Waals surface area contributed by atoms with Crippen LogP contribution < -0.4 is 10.5 Å². The van der Waals surface area contributed by atoms with Gasteiger partial charge in [0, 0.05) is 12.0 Å². The zero-order valence-corrected chi connectivity index (χ0v) is 10.8. The first-order chi connectivity index (χ1) is 8.12. The Morgan fingerprint density at radius 1 is 1.47 bits per heavy atom. The summed E-state index contributed by atoms with van der Waals surface area (Å²) < 4.78 is 5.24. The SMILES string of the molecule is CCc1cc(C(=O)CC(C)CN)ccc1OC. The van der Waals surface area contributed by atoms with Crippen LogP contribution in [0.15, 0.2) is 18.2 Å². The summed E-state index contributed by atoms with van der Waals surface area (Å²) in [5.74, 6) is 1.23. The van der Waals surface area contributed by atoms with Crippen LogP contribution in [-0.2, 0) is 6.42 Å². The molecule has 17 heavy (non-hydrogen) atoms. The maximum Gasteiger partial charge on any atom is 0.163 e. The molecule has 0 aromatic heterocycles. The third-order valence-corrected chi connectivity index (χ3v) is 2.92. The van der Waals surface area contributed by atoms with Gasteiger partial charge < -0.3 is 10.5 Å². The normalized spacial score (nSPS) is 12.2. The lowest BCUT2D eigenvalue weighted by atomic mass is 9.97. The largest absolute Gasteiger partial charge is 0.496 e. The second kappa shape index (κ2) is 6.40. The van der Waals surface area contributed by atoms with Crippen LogP contribution >= 0.6 is 0 Å². The Labute approximate surface area is 103 Å². The summed E-state index contributed by atoms with van der Waals surface area (Å²) >= 11 is 0. The van der Waals surface area contributed by atoms with Crippen LogP contribution in [0.2, 0.25) is 0 Å². The van der Waals surface area contributed by atoms with Gasteiger partial charge in [0.05, 0.1) is 7.11 Å². The Morgan fingerprint density at radius 3 is 2.71 bits per heavy atom. The molecule has 0 aliphatic heterocycles. The monoisotopic (exact) mass is 235 g/mol. The molecule has 3 heteroatoms. The molecule has 2 N–H and O–H groups in total. The lowest BCUT2D eigenvalue weighted by Gasteiger charge is -2.10. The fourth-order valence-electron chi connectivity index (χ4n) is 1.75. The van der Waals surface area contributed by atoms with Crippen molar-refractivity contribution in [3.63, 3.8) is 0 Å². The number of carbonyl (C=O) groups excluding carboxylic acids is 1. The fraction of sp³-hybridized carbons (Fsp3) is 0.500. The molecule has 0 aliphatic carbocycles. The highest BCUT2D eigenvalue weighted by Gasteiger charge is 2.12. The van der Waals surface area contributed by atoms with Gasteiger partial charge in [-0.2, -0.15) is 0 Å². The molecule has 0 fully saturated rings. The predicted molar refractivity (Wildman–Crippen MR) is 69.5 cm³/mol. The van der Waals surface area contributed by atoms with E-state index < -0.39 is 0 Å². The van der Waals surface area contributed by atoms with Crippen LogP contribution in [0.4, 0.5) is 0 Å². The minimum absolute atomic E-state index is 0.153. The van der Waals surface area contributed by atoms with Gasteiger partial charge in [0.2, 0.25) is 0 Å². The third-order valence-electron chi connectivity index (χ3n) is 2.92. The first kappa shape index (κ1) is 13.7. The molecule has 0 saturated carbocycles. The maximum absolute atomic E-state index is 12.0. The summed E-state index contributed by atoms with van der Waals surface area (Å²) in [7, 11) is 1.65. The quantitative estimate of drug-likeness (QED) is 0.770. The van der Waals surface area contributed by atoms with Crippen molar-refractivity contribution in [3.8, 4) is 5.75 Å². The summed E-state index contributed by atoms with van der Waals surface area (Å²) in [5, 5.41) is 0. The molecular formula is C14H21NO2. The minimum Gasteiger partial charge on any atom is -0.496 e. The van der Waals surface area contributed by atoms with Gasteiger partial charge in [-0.1, -0.05) is 13.8 Å². The topological polar surface area (TPSA) is 52.3 Å². The molecule has 0 aliphatic rings. The lowest BCUT2D eigenvalue weighted by Crippen LogP contribution is -2.15. The number of carbonyl (C=O) groups is 1. The number of nitrogens with two attached hydrogens (primary N) is 1. The standard InChI is InChI=1S/C14H21NO2/c1-4-11-8-12(5-6-14(11)17-3)13(16)7-10(2)9-15/h5-6,8,10H,4,7,9,15H2,1-3H3. The molecule has 0 amide bonds. The van der Waals surface area contributed by atoms with E-state index in [1.165, 1.54) is 0 Å². The molecule has 3 nitrogen and oxygen atoms in total. The number of hydrogen-bond donors (Lipinski definition) is 1. The van der Waals surface area contributed by atoms with E-state index >= 15 is 0 Å². The molecule has 0 saturated heterocycles. The summed E-state index contributed by atoms with van der Waals surface area (Å²) in [5.41, 5.74) is 7.35. The van der Waals surface area contributed by atoms with Crippen molar-refractivity contribution in [2.75, 3.05) is 13.7 Å². The molecule has 94 valence electrons. The highest BCUT2D eigenvalue weighted by Crippen LogP contribution is 2.21. The minimum atomic E-state index is 0.153. The second-order valence-electron chi connectivity index (χ2n) is 4.35. The Hall–Kier alpha value is -1.35. The van der Waals surface area contributed by atoms with Crippen molar-refractivity contribution in [2.45, 2.75) is 26.7 Å². The summed E-state index contributed by atoms with van der Waals surface area (Å²) in [6, 6.07) is 5.60. The average molecular weight is 235 g/mol. The summed E-state index contributed by atoms with van der Waals surface area (Å²) in [6.45, 7) is 4.58. The van der Waals surface area contributed by atoms with Gasteiger partial charge in [0.1, 0.15) is 5.75 Å². The van der Waals surface area contributed by atoms with Crippen LogP contribution in [0.25, 0.3) is 0 Å². The Balaban J connectivity index is 2.88. The Morgan fingerprint density at radius 2 is 2.18 bits per heavy atom. The van der Waals surface area contributed by atoms with E-state index in [2.05, 4.69) is 6.92 Å². The smallest absolute Gasteiger partial charge is 0.163 e. The van der Waals surface area contributed by atoms with Gasteiger partial charge in [-0.25, -0.2) is 0 Å². The summed E-state index contributed by atoms with van der Waals surface area (Å²) in [4.78, 5) is 12.0. The molecule has 1 unspecified atom stereocenters. The van der Waals surface area contributed by atoms with E-state index in [1.807, 2.05) is 25.1 Å². The number of benzene rings is 1. The van der Waals surface area contributed by atoms with Crippen LogP contribution in [0, 0.1) is 5.92 Å². The van der Waals surface area contributed by atoms with E-state index in [1.54, 1.807) is 7.11 Å². The van der Waals surface area contributed by atoms with Crippen molar-refractivity contribution in [2.24, 2.45) is 11.7 Å². The predicted octanol–water partition coefficient (Wildman–Crippen LogP) is 2.43. The molecular weight excluding hydrogens is 214 g/mol. The van der Waals surface area contributed by atoms with Crippen molar-refractivity contribution >= 4 is 5.78 Å². The van der Waals surface area contributed by atoms with Crippen molar-refractivity contribution in [3.05, 3.63) is 29.3 Å². The first-order valence-electron chi connectivity index (χ1n) is 6.02. The maximum atomic E-state index is 12.0. The van der Waals surface area contributed by atoms with Crippen molar-refractivity contribution in [1.82, 2.24) is 0 Å². The molecule has 1 rings (SSSR count). The van der Waals surface area contributed by atoms with E-state index in [0.29, 0.717) is 13.0 Å². The van der Waals surface area contributed by atoms with E-state index in [4.69, 9.17) is 10.5 Å². The highest BCUT2D eigenvalue weighted by atomic mass is 16.5. The molecule has 1 aromatic carbocycles. The molecule has 1 aromatic rings. The van der Waals surface area contributed by atoms with Crippen LogP contribution in [-0.4, -0.2) is 19.4 Å². The van der Waals surface area contributed by atoms with Gasteiger partial charge in [0.25, 0.3) is 0 Å². The van der Waals surface area contributed by atoms with E-state index in [0.717, 1.165) is 23.3 Å². The first-order valence-corrected chi connectivity index (χ1v) is 6.02. The number of Topliss-reactive ketones (excluding diaryl/α,β-unsaturated/α-hetero) is 1. The molecule has 0 heterocycles. The zero-order valence-electron chi connectivity index (χ0n) is 10.8. The number of ketones is 1. The fourth-order valence-corrected chi connectivity index (χ4v) is 1.75. The highest BCUT2D eigenvalue weighted by molar-refractivity contribution is 5.96. The Kier molecular flexibility index (Phi) is 5.16. The molecule has 0 radical (unpaired) electrons. The Bertz CT molecular complexity index is 388. The van der Waals surface area contributed by atoms with E-state index in [9.17, 15) is 4.79 Å². The number of hydrogen-bond acceptors (Lipinski definition) is 3. The van der Waals surface area contributed by atoms with Crippen LogP contribution in [0.5, 0.6) is 5.75 Å². The molecule has 1 atom stereocenters. The number of ether oxygens (including phenoxy) is 1. The molecule has 0 spiro atoms. The lowest BCUT2D eigenvalue weighted by molar-refractivity contribution is 0.0966. The molecule has 0 bridgehead atoms. The number of aryl methyl sites for hydroxylation is 1. The summed E-state index contributed by atoms with van der Waals surface area (Å²) in [6.07, 6.45) is 1.36. The van der Waals surface area contributed by atoms with Crippen LogP contribution in [0.3, 0.4) is 0 Å². The number of rotatable bonds is 6. The van der Waals surface area contributed by atoms with Crippen molar-refractivity contribution < 1.29 is 9.53 Å². The average Bonchev–Trinajstić information content (AvgIpc) is 2.37. The van der Waals surface area contributed by atoms with Crippen molar-refractivity contribution in [1.29, 1.82) is 0 Å². The van der Waals surface area contributed by atoms with Gasteiger partial charge in [-0.3, -0.25) is 4.79 Å². The van der Waals surface area contributed by atoms with Crippen LogP contribution in [0.1, 0.15) is 36.2 Å².